The number of halogens is 2. The maximum absolute atomic E-state index is 13.7. The lowest BCUT2D eigenvalue weighted by Gasteiger charge is -2.38. The number of para-hydroxylation sites is 1. The van der Waals surface area contributed by atoms with Crippen molar-refractivity contribution in [1.29, 1.82) is 0 Å². The van der Waals surface area contributed by atoms with Crippen LogP contribution in [0.15, 0.2) is 42.5 Å². The molecule has 0 amide bonds. The highest BCUT2D eigenvalue weighted by molar-refractivity contribution is 7.54. The summed E-state index contributed by atoms with van der Waals surface area (Å²) in [5.74, 6) is -0.455. The summed E-state index contributed by atoms with van der Waals surface area (Å²) in [5, 5.41) is 3.98. The van der Waals surface area contributed by atoms with Crippen molar-refractivity contribution in [3.63, 3.8) is 0 Å². The summed E-state index contributed by atoms with van der Waals surface area (Å²) < 4.78 is 30.7. The fourth-order valence-corrected chi connectivity index (χ4v) is 5.63. The maximum Gasteiger partial charge on any atom is 0.357 e. The fourth-order valence-electron chi connectivity index (χ4n) is 2.78. The molecule has 5 nitrogen and oxygen atoms in total. The summed E-state index contributed by atoms with van der Waals surface area (Å²) >= 11 is 12.5. The van der Waals surface area contributed by atoms with E-state index in [1.165, 1.54) is 7.11 Å². The van der Waals surface area contributed by atoms with Gasteiger partial charge in [0.15, 0.2) is 5.78 Å². The first-order chi connectivity index (χ1) is 12.7. The van der Waals surface area contributed by atoms with E-state index in [9.17, 15) is 4.57 Å². The van der Waals surface area contributed by atoms with Gasteiger partial charge in [-0.2, -0.15) is 0 Å². The summed E-state index contributed by atoms with van der Waals surface area (Å²) in [7, 11) is -2.08. The van der Waals surface area contributed by atoms with Crippen LogP contribution in [0.5, 0.6) is 5.75 Å². The van der Waals surface area contributed by atoms with E-state index >= 15 is 0 Å². The Balaban J connectivity index is 2.08. The quantitative estimate of drug-likeness (QED) is 0.558. The van der Waals surface area contributed by atoms with Gasteiger partial charge in [-0.1, -0.05) is 55.2 Å². The number of hydrogen-bond donors (Lipinski definition) is 1. The third kappa shape index (κ3) is 4.61. The predicted molar refractivity (Wildman–Crippen MR) is 109 cm³/mol. The van der Waals surface area contributed by atoms with Crippen molar-refractivity contribution >= 4 is 36.5 Å². The molecule has 1 atom stereocenters. The minimum atomic E-state index is -3.58. The Kier molecular flexibility index (Phi) is 6.09. The summed E-state index contributed by atoms with van der Waals surface area (Å²) in [5.41, 5.74) is 1.05. The van der Waals surface area contributed by atoms with Gasteiger partial charge in [-0.15, -0.1) is 0 Å². The third-order valence-electron chi connectivity index (χ3n) is 4.20. The van der Waals surface area contributed by atoms with E-state index in [-0.39, 0.29) is 5.41 Å². The van der Waals surface area contributed by atoms with E-state index < -0.39 is 13.4 Å². The molecule has 0 aromatic heterocycles. The van der Waals surface area contributed by atoms with Crippen LogP contribution in [-0.4, -0.2) is 20.3 Å². The second-order valence-corrected chi connectivity index (χ2v) is 10.1. The van der Waals surface area contributed by atoms with E-state index in [0.717, 1.165) is 5.69 Å². The molecule has 1 heterocycles. The highest BCUT2D eigenvalue weighted by Gasteiger charge is 2.45. The molecule has 3 rings (SSSR count). The highest BCUT2D eigenvalue weighted by Crippen LogP contribution is 2.65. The zero-order valence-electron chi connectivity index (χ0n) is 15.4. The van der Waals surface area contributed by atoms with Crippen molar-refractivity contribution in [2.75, 3.05) is 25.6 Å². The first-order valence-electron chi connectivity index (χ1n) is 8.47. The minimum Gasteiger partial charge on any atom is -0.495 e. The Morgan fingerprint density at radius 2 is 1.78 bits per heavy atom. The van der Waals surface area contributed by atoms with Gasteiger partial charge in [0.05, 0.1) is 25.3 Å². The SMILES string of the molecule is COc1c(Cl)cc(Cl)cc1[C@@H](Nc1ccccc1)P1(=O)OCC(C)(C)CO1. The second kappa shape index (κ2) is 8.02. The first-order valence-corrected chi connectivity index (χ1v) is 10.8. The zero-order valence-corrected chi connectivity index (χ0v) is 17.8. The van der Waals surface area contributed by atoms with Crippen LogP contribution in [0.3, 0.4) is 0 Å². The lowest BCUT2D eigenvalue weighted by atomic mass is 9.97. The Morgan fingerprint density at radius 1 is 1.15 bits per heavy atom. The lowest BCUT2D eigenvalue weighted by Crippen LogP contribution is -2.32. The number of anilines is 1. The number of hydrogen-bond acceptors (Lipinski definition) is 5. The molecule has 1 aliphatic heterocycles. The van der Waals surface area contributed by atoms with Gasteiger partial charge in [0, 0.05) is 21.7 Å². The van der Waals surface area contributed by atoms with Gasteiger partial charge in [-0.3, -0.25) is 4.57 Å². The van der Waals surface area contributed by atoms with Crippen LogP contribution in [0.25, 0.3) is 0 Å². The van der Waals surface area contributed by atoms with E-state index in [1.54, 1.807) is 12.1 Å². The second-order valence-electron chi connectivity index (χ2n) is 7.17. The summed E-state index contributed by atoms with van der Waals surface area (Å²) in [6, 6.07) is 12.6. The molecule has 1 fully saturated rings. The smallest absolute Gasteiger partial charge is 0.357 e. The largest absolute Gasteiger partial charge is 0.495 e. The minimum absolute atomic E-state index is 0.221. The molecule has 27 heavy (non-hydrogen) atoms. The number of benzene rings is 2. The number of methoxy groups -OCH3 is 1. The van der Waals surface area contributed by atoms with E-state index in [2.05, 4.69) is 5.32 Å². The van der Waals surface area contributed by atoms with Gasteiger partial charge in [-0.25, -0.2) is 0 Å². The van der Waals surface area contributed by atoms with Gasteiger partial charge >= 0.3 is 7.60 Å². The maximum atomic E-state index is 13.7. The Hall–Kier alpha value is -1.23. The van der Waals surface area contributed by atoms with Crippen molar-refractivity contribution < 1.29 is 18.3 Å². The molecule has 146 valence electrons. The number of ether oxygens (including phenoxy) is 1. The summed E-state index contributed by atoms with van der Waals surface area (Å²) in [6.07, 6.45) is 0. The van der Waals surface area contributed by atoms with Crippen molar-refractivity contribution in [3.8, 4) is 5.75 Å². The van der Waals surface area contributed by atoms with Crippen molar-refractivity contribution in [2.24, 2.45) is 5.41 Å². The van der Waals surface area contributed by atoms with Gasteiger partial charge < -0.3 is 19.1 Å². The average Bonchev–Trinajstić information content (AvgIpc) is 2.63. The van der Waals surface area contributed by atoms with E-state index in [4.69, 9.17) is 37.0 Å². The first kappa shape index (κ1) is 20.5. The van der Waals surface area contributed by atoms with Gasteiger partial charge in [-0.05, 0) is 24.3 Å². The Morgan fingerprint density at radius 3 is 2.37 bits per heavy atom. The molecule has 1 aliphatic rings. The average molecular weight is 430 g/mol. The molecule has 0 radical (unpaired) electrons. The molecular weight excluding hydrogens is 408 g/mol. The molecule has 1 N–H and O–H groups in total. The number of nitrogens with one attached hydrogen (secondary N) is 1. The Labute approximate surface area is 169 Å². The van der Waals surface area contributed by atoms with Gasteiger partial charge in [0.2, 0.25) is 0 Å². The van der Waals surface area contributed by atoms with Crippen molar-refractivity contribution in [1.82, 2.24) is 0 Å². The van der Waals surface area contributed by atoms with E-state index in [0.29, 0.717) is 34.6 Å². The fraction of sp³-hybridized carbons (Fsp3) is 0.368. The van der Waals surface area contributed by atoms with Crippen LogP contribution in [0.2, 0.25) is 10.0 Å². The molecule has 8 heteroatoms. The van der Waals surface area contributed by atoms with E-state index in [1.807, 2.05) is 44.2 Å². The predicted octanol–water partition coefficient (Wildman–Crippen LogP) is 6.38. The van der Waals surface area contributed by atoms with Crippen LogP contribution in [0.1, 0.15) is 25.2 Å². The molecule has 2 aromatic carbocycles. The standard InChI is InChI=1S/C19H22Cl2NO4P/c1-19(2)11-25-27(23,26-12-19)18(22-14-7-5-4-6-8-14)15-9-13(20)10-16(21)17(15)24-3/h4-10,18,22H,11-12H2,1-3H3/t18-/m0/s1. The highest BCUT2D eigenvalue weighted by atomic mass is 35.5. The molecule has 0 spiro atoms. The van der Waals surface area contributed by atoms with Crippen LogP contribution in [0.4, 0.5) is 5.69 Å². The van der Waals surface area contributed by atoms with Crippen molar-refractivity contribution in [3.05, 3.63) is 58.1 Å². The molecule has 0 unspecified atom stereocenters. The summed E-state index contributed by atoms with van der Waals surface area (Å²) in [6.45, 7) is 4.61. The van der Waals surface area contributed by atoms with Gasteiger partial charge in [0.25, 0.3) is 0 Å². The van der Waals surface area contributed by atoms with Gasteiger partial charge in [0.1, 0.15) is 5.75 Å². The third-order valence-corrected chi connectivity index (χ3v) is 6.72. The molecular formula is C19H22Cl2NO4P. The number of rotatable bonds is 5. The zero-order chi connectivity index (χ0) is 19.7. The summed E-state index contributed by atoms with van der Waals surface area (Å²) in [4.78, 5) is 0. The van der Waals surface area contributed by atoms with Crippen LogP contribution in [0, 0.1) is 5.41 Å². The molecule has 2 aromatic rings. The van der Waals surface area contributed by atoms with Crippen molar-refractivity contribution in [2.45, 2.75) is 19.6 Å². The molecule has 0 saturated carbocycles. The normalized spacial score (nSPS) is 19.3. The topological polar surface area (TPSA) is 56.8 Å². The molecule has 0 aliphatic carbocycles. The van der Waals surface area contributed by atoms with Crippen LogP contribution < -0.4 is 10.1 Å². The Bertz CT molecular complexity index is 846. The van der Waals surface area contributed by atoms with Crippen LogP contribution in [-0.2, 0) is 13.6 Å². The lowest BCUT2D eigenvalue weighted by molar-refractivity contribution is 0.0387. The molecule has 0 bridgehead atoms. The molecule has 1 saturated heterocycles. The monoisotopic (exact) mass is 429 g/mol. The van der Waals surface area contributed by atoms with Crippen LogP contribution >= 0.6 is 30.8 Å².